The Labute approximate surface area is 143 Å². The topological polar surface area (TPSA) is 58.6 Å². The van der Waals surface area contributed by atoms with Crippen LogP contribution in [0.15, 0.2) is 18.2 Å². The second-order valence-electron chi connectivity index (χ2n) is 6.65. The Morgan fingerprint density at radius 3 is 3.04 bits per heavy atom. The van der Waals surface area contributed by atoms with E-state index in [2.05, 4.69) is 12.2 Å². The zero-order chi connectivity index (χ0) is 16.9. The number of ether oxygens (including phenoxy) is 1. The Morgan fingerprint density at radius 1 is 1.33 bits per heavy atom. The summed E-state index contributed by atoms with van der Waals surface area (Å²) < 4.78 is 5.81. The van der Waals surface area contributed by atoms with Gasteiger partial charge in [0.2, 0.25) is 5.91 Å². The van der Waals surface area contributed by atoms with Crippen LogP contribution in [-0.4, -0.2) is 35.9 Å². The number of carbonyl (C=O) groups is 2. The lowest BCUT2D eigenvalue weighted by atomic mass is 9.97. The molecule has 1 fully saturated rings. The van der Waals surface area contributed by atoms with Gasteiger partial charge in [-0.25, -0.2) is 0 Å². The summed E-state index contributed by atoms with van der Waals surface area (Å²) in [7, 11) is 0. The van der Waals surface area contributed by atoms with E-state index in [0.29, 0.717) is 30.0 Å². The predicted octanol–water partition coefficient (Wildman–Crippen LogP) is 3.59. The van der Waals surface area contributed by atoms with Crippen LogP contribution in [0.25, 0.3) is 0 Å². The monoisotopic (exact) mass is 330 g/mol. The van der Waals surface area contributed by atoms with Crippen LogP contribution in [0.2, 0.25) is 0 Å². The molecule has 2 heterocycles. The van der Waals surface area contributed by atoms with Gasteiger partial charge in [0, 0.05) is 31.1 Å². The second kappa shape index (κ2) is 7.69. The first-order valence-electron chi connectivity index (χ1n) is 9.06. The Kier molecular flexibility index (Phi) is 5.38. The molecule has 0 aromatic heterocycles. The first kappa shape index (κ1) is 16.8. The van der Waals surface area contributed by atoms with Crippen molar-refractivity contribution in [2.75, 3.05) is 18.5 Å². The number of amides is 2. The van der Waals surface area contributed by atoms with Gasteiger partial charge < -0.3 is 15.0 Å². The van der Waals surface area contributed by atoms with Gasteiger partial charge in [-0.05, 0) is 43.9 Å². The molecule has 130 valence electrons. The molecule has 1 atom stereocenters. The van der Waals surface area contributed by atoms with Crippen LogP contribution in [0.1, 0.15) is 62.2 Å². The van der Waals surface area contributed by atoms with Gasteiger partial charge in [-0.3, -0.25) is 9.59 Å². The Hall–Kier alpha value is -2.04. The molecule has 2 amide bonds. The van der Waals surface area contributed by atoms with E-state index in [1.54, 1.807) is 12.1 Å². The molecule has 0 aliphatic carbocycles. The average Bonchev–Trinajstić information content (AvgIpc) is 2.59. The number of piperidine rings is 1. The average molecular weight is 330 g/mol. The SMILES string of the molecule is CCCCC(=O)Nc1ccc2c(c1)C(=O)N1CCCCC1CCO2. The number of nitrogens with zero attached hydrogens (tertiary/aromatic N) is 1. The maximum atomic E-state index is 13.0. The molecule has 1 N–H and O–H groups in total. The fraction of sp³-hybridized carbons (Fsp3) is 0.579. The lowest BCUT2D eigenvalue weighted by Gasteiger charge is -2.37. The van der Waals surface area contributed by atoms with E-state index in [9.17, 15) is 9.59 Å². The molecule has 24 heavy (non-hydrogen) atoms. The molecule has 0 radical (unpaired) electrons. The van der Waals surface area contributed by atoms with Gasteiger partial charge in [0.25, 0.3) is 5.91 Å². The smallest absolute Gasteiger partial charge is 0.257 e. The molecule has 1 aromatic rings. The zero-order valence-corrected chi connectivity index (χ0v) is 14.3. The van der Waals surface area contributed by atoms with Crippen LogP contribution in [0.3, 0.4) is 0 Å². The van der Waals surface area contributed by atoms with E-state index in [4.69, 9.17) is 4.74 Å². The summed E-state index contributed by atoms with van der Waals surface area (Å²) in [6.07, 6.45) is 6.54. The van der Waals surface area contributed by atoms with Crippen LogP contribution in [0, 0.1) is 0 Å². The first-order chi connectivity index (χ1) is 11.7. The van der Waals surface area contributed by atoms with Crippen molar-refractivity contribution < 1.29 is 14.3 Å². The van der Waals surface area contributed by atoms with Crippen molar-refractivity contribution in [2.24, 2.45) is 0 Å². The molecule has 0 bridgehead atoms. The predicted molar refractivity (Wildman–Crippen MR) is 93.4 cm³/mol. The molecule has 1 aromatic carbocycles. The summed E-state index contributed by atoms with van der Waals surface area (Å²) in [6, 6.07) is 5.65. The molecule has 2 aliphatic rings. The summed E-state index contributed by atoms with van der Waals surface area (Å²) in [5, 5.41) is 2.89. The summed E-state index contributed by atoms with van der Waals surface area (Å²) in [5.41, 5.74) is 1.23. The van der Waals surface area contributed by atoms with Gasteiger partial charge in [0.15, 0.2) is 0 Å². The molecule has 2 aliphatic heterocycles. The molecule has 0 saturated carbocycles. The van der Waals surface area contributed by atoms with E-state index in [0.717, 1.165) is 38.6 Å². The summed E-state index contributed by atoms with van der Waals surface area (Å²) in [4.78, 5) is 26.9. The number of unbranched alkanes of at least 4 members (excludes halogenated alkanes) is 1. The number of hydrogen-bond acceptors (Lipinski definition) is 3. The third-order valence-corrected chi connectivity index (χ3v) is 4.85. The quantitative estimate of drug-likeness (QED) is 0.918. The van der Waals surface area contributed by atoms with Crippen LogP contribution < -0.4 is 10.1 Å². The number of rotatable bonds is 4. The van der Waals surface area contributed by atoms with E-state index in [-0.39, 0.29) is 17.9 Å². The summed E-state index contributed by atoms with van der Waals surface area (Å²) >= 11 is 0. The minimum Gasteiger partial charge on any atom is -0.493 e. The summed E-state index contributed by atoms with van der Waals surface area (Å²) in [5.74, 6) is 0.640. The van der Waals surface area contributed by atoms with E-state index in [1.165, 1.54) is 6.42 Å². The van der Waals surface area contributed by atoms with Crippen molar-refractivity contribution in [1.29, 1.82) is 0 Å². The van der Waals surface area contributed by atoms with Crippen LogP contribution in [-0.2, 0) is 4.79 Å². The zero-order valence-electron chi connectivity index (χ0n) is 14.3. The van der Waals surface area contributed by atoms with Gasteiger partial charge in [-0.2, -0.15) is 0 Å². The van der Waals surface area contributed by atoms with Gasteiger partial charge in [-0.1, -0.05) is 13.3 Å². The Balaban J connectivity index is 1.81. The lowest BCUT2D eigenvalue weighted by molar-refractivity contribution is -0.116. The van der Waals surface area contributed by atoms with Gasteiger partial charge in [0.05, 0.1) is 12.2 Å². The van der Waals surface area contributed by atoms with Crippen LogP contribution >= 0.6 is 0 Å². The van der Waals surface area contributed by atoms with E-state index in [1.807, 2.05) is 11.0 Å². The highest BCUT2D eigenvalue weighted by Crippen LogP contribution is 2.30. The van der Waals surface area contributed by atoms with Crippen molar-refractivity contribution in [3.8, 4) is 5.75 Å². The second-order valence-corrected chi connectivity index (χ2v) is 6.65. The largest absolute Gasteiger partial charge is 0.493 e. The molecular formula is C19H26N2O3. The molecule has 0 spiro atoms. The van der Waals surface area contributed by atoms with Crippen LogP contribution in [0.5, 0.6) is 5.75 Å². The molecule has 5 heteroatoms. The Morgan fingerprint density at radius 2 is 2.21 bits per heavy atom. The minimum absolute atomic E-state index is 0.00754. The fourth-order valence-corrected chi connectivity index (χ4v) is 3.49. The van der Waals surface area contributed by atoms with Gasteiger partial charge >= 0.3 is 0 Å². The van der Waals surface area contributed by atoms with E-state index >= 15 is 0 Å². The number of nitrogens with one attached hydrogen (secondary N) is 1. The van der Waals surface area contributed by atoms with Crippen molar-refractivity contribution in [2.45, 2.75) is 57.9 Å². The van der Waals surface area contributed by atoms with Crippen molar-refractivity contribution in [1.82, 2.24) is 4.90 Å². The maximum Gasteiger partial charge on any atom is 0.257 e. The number of fused-ring (bicyclic) bond motifs is 2. The standard InChI is InChI=1S/C19H26N2O3/c1-2-3-7-18(22)20-14-8-9-17-16(13-14)19(23)21-11-5-4-6-15(21)10-12-24-17/h8-9,13,15H,2-7,10-12H2,1H3,(H,20,22). The molecule has 1 unspecified atom stereocenters. The lowest BCUT2D eigenvalue weighted by Crippen LogP contribution is -2.45. The van der Waals surface area contributed by atoms with Gasteiger partial charge in [-0.15, -0.1) is 0 Å². The highest BCUT2D eigenvalue weighted by atomic mass is 16.5. The maximum absolute atomic E-state index is 13.0. The van der Waals surface area contributed by atoms with E-state index < -0.39 is 0 Å². The number of benzene rings is 1. The molecular weight excluding hydrogens is 304 g/mol. The van der Waals surface area contributed by atoms with Crippen molar-refractivity contribution in [3.05, 3.63) is 23.8 Å². The molecule has 1 saturated heterocycles. The Bertz CT molecular complexity index is 615. The number of anilines is 1. The normalized spacial score (nSPS) is 20.3. The van der Waals surface area contributed by atoms with Crippen LogP contribution in [0.4, 0.5) is 5.69 Å². The van der Waals surface area contributed by atoms with Crippen molar-refractivity contribution >= 4 is 17.5 Å². The molecule has 3 rings (SSSR count). The highest BCUT2D eigenvalue weighted by molar-refractivity contribution is 5.99. The fourth-order valence-electron chi connectivity index (χ4n) is 3.49. The summed E-state index contributed by atoms with van der Waals surface area (Å²) in [6.45, 7) is 3.50. The van der Waals surface area contributed by atoms with Gasteiger partial charge in [0.1, 0.15) is 5.75 Å². The minimum atomic E-state index is -0.00754. The molecule has 5 nitrogen and oxygen atoms in total. The highest BCUT2D eigenvalue weighted by Gasteiger charge is 2.31. The first-order valence-corrected chi connectivity index (χ1v) is 9.06. The van der Waals surface area contributed by atoms with Crippen molar-refractivity contribution in [3.63, 3.8) is 0 Å². The third-order valence-electron chi connectivity index (χ3n) is 4.85. The number of hydrogen-bond donors (Lipinski definition) is 1. The third kappa shape index (κ3) is 3.71. The number of carbonyl (C=O) groups excluding carboxylic acids is 2.